The fraction of sp³-hybridized carbons (Fsp3) is 0.429. The summed E-state index contributed by atoms with van der Waals surface area (Å²) in [6, 6.07) is 7.30. The maximum atomic E-state index is 12.8. The van der Waals surface area contributed by atoms with E-state index >= 15 is 0 Å². The average Bonchev–Trinajstić information content (AvgIpc) is 2.71. The number of anilines is 1. The number of carbonyl (C=O) groups is 2. The highest BCUT2D eigenvalue weighted by atomic mass is 16.6. The number of Topliss-reactive ketones (excluding diaryl/α,β-unsaturated/α-hetero) is 1. The zero-order chi connectivity index (χ0) is 21.0. The van der Waals surface area contributed by atoms with Crippen LogP contribution in [0, 0.1) is 11.3 Å². The second-order valence-corrected chi connectivity index (χ2v) is 6.81. The number of aliphatic hydroxyl groups is 1. The number of ketones is 1. The van der Waals surface area contributed by atoms with Crippen LogP contribution >= 0.6 is 0 Å². The predicted octanol–water partition coefficient (Wildman–Crippen LogP) is 3.00. The van der Waals surface area contributed by atoms with E-state index in [9.17, 15) is 14.7 Å². The van der Waals surface area contributed by atoms with Crippen LogP contribution in [0.3, 0.4) is 0 Å². The van der Waals surface area contributed by atoms with Gasteiger partial charge in [-0.3, -0.25) is 14.5 Å². The van der Waals surface area contributed by atoms with Crippen LogP contribution in [0.4, 0.5) is 5.69 Å². The third-order valence-electron chi connectivity index (χ3n) is 4.99. The highest BCUT2D eigenvalue weighted by Crippen LogP contribution is 2.39. The van der Waals surface area contributed by atoms with Crippen LogP contribution in [-0.2, 0) is 14.4 Å². The van der Waals surface area contributed by atoms with Crippen LogP contribution in [0.15, 0.2) is 34.7 Å². The molecule has 8 nitrogen and oxygen atoms in total. The van der Waals surface area contributed by atoms with E-state index in [4.69, 9.17) is 14.8 Å². The van der Waals surface area contributed by atoms with Gasteiger partial charge in [0, 0.05) is 12.8 Å². The molecule has 1 heterocycles. The number of nitriles is 1. The van der Waals surface area contributed by atoms with Crippen molar-refractivity contribution in [1.29, 1.82) is 5.26 Å². The van der Waals surface area contributed by atoms with E-state index in [0.29, 0.717) is 30.2 Å². The number of amides is 1. The molecule has 1 aromatic rings. The summed E-state index contributed by atoms with van der Waals surface area (Å²) in [6.45, 7) is 3.84. The molecule has 0 bridgehead atoms. The monoisotopic (exact) mass is 397 g/mol. The van der Waals surface area contributed by atoms with E-state index in [-0.39, 0.29) is 54.9 Å². The Morgan fingerprint density at radius 2 is 2.17 bits per heavy atom. The van der Waals surface area contributed by atoms with E-state index in [1.165, 1.54) is 4.90 Å². The van der Waals surface area contributed by atoms with Gasteiger partial charge in [-0.25, -0.2) is 0 Å². The van der Waals surface area contributed by atoms with E-state index in [1.54, 1.807) is 19.1 Å². The van der Waals surface area contributed by atoms with Crippen molar-refractivity contribution in [2.75, 3.05) is 24.7 Å². The number of allylic oxidation sites excluding steroid dienone is 2. The molecule has 0 saturated carbocycles. The molecule has 152 valence electrons. The number of fused-ring (bicyclic) bond motifs is 1. The highest BCUT2D eigenvalue weighted by Gasteiger charge is 2.33. The first-order valence-electron chi connectivity index (χ1n) is 9.58. The molecule has 0 radical (unpaired) electrons. The number of oxime groups is 1. The fourth-order valence-electron chi connectivity index (χ4n) is 3.60. The molecule has 29 heavy (non-hydrogen) atoms. The summed E-state index contributed by atoms with van der Waals surface area (Å²) in [4.78, 5) is 31.3. The Kier molecular flexibility index (Phi) is 6.17. The van der Waals surface area contributed by atoms with Gasteiger partial charge in [-0.15, -0.1) is 0 Å². The maximum absolute atomic E-state index is 12.8. The summed E-state index contributed by atoms with van der Waals surface area (Å²) in [5, 5.41) is 23.6. The minimum absolute atomic E-state index is 0.00881. The van der Waals surface area contributed by atoms with E-state index in [0.717, 1.165) is 5.56 Å². The minimum atomic E-state index is -0.291. The summed E-state index contributed by atoms with van der Waals surface area (Å²) in [5.41, 5.74) is 1.98. The molecule has 1 unspecified atom stereocenters. The largest absolute Gasteiger partial charge is 0.511 e. The molecule has 1 aromatic carbocycles. The minimum Gasteiger partial charge on any atom is -0.511 e. The summed E-state index contributed by atoms with van der Waals surface area (Å²) >= 11 is 0. The molecule has 1 aliphatic heterocycles. The quantitative estimate of drug-likeness (QED) is 0.449. The van der Waals surface area contributed by atoms with Crippen molar-refractivity contribution in [2.45, 2.75) is 39.0 Å². The Balaban J connectivity index is 1.91. The Bertz CT molecular complexity index is 929. The maximum Gasteiger partial charge on any atom is 0.265 e. The first-order chi connectivity index (χ1) is 14.0. The lowest BCUT2D eigenvalue weighted by atomic mass is 9.80. The van der Waals surface area contributed by atoms with Crippen molar-refractivity contribution < 1.29 is 24.3 Å². The van der Waals surface area contributed by atoms with Gasteiger partial charge in [0.2, 0.25) is 0 Å². The van der Waals surface area contributed by atoms with Crippen molar-refractivity contribution in [1.82, 2.24) is 0 Å². The number of carbonyl (C=O) groups excluding carboxylic acids is 2. The number of ether oxygens (including phenoxy) is 1. The average molecular weight is 397 g/mol. The molecule has 1 atom stereocenters. The van der Waals surface area contributed by atoms with Gasteiger partial charge < -0.3 is 14.7 Å². The van der Waals surface area contributed by atoms with Gasteiger partial charge in [0.15, 0.2) is 12.4 Å². The smallest absolute Gasteiger partial charge is 0.265 e. The van der Waals surface area contributed by atoms with Gasteiger partial charge in [0.25, 0.3) is 5.91 Å². The number of nitrogens with zero attached hydrogens (tertiary/aromatic N) is 3. The zero-order valence-corrected chi connectivity index (χ0v) is 16.5. The Morgan fingerprint density at radius 1 is 1.38 bits per heavy atom. The molecule has 0 fully saturated rings. The van der Waals surface area contributed by atoms with Crippen molar-refractivity contribution in [3.8, 4) is 11.8 Å². The molecule has 0 aromatic heterocycles. The fourth-order valence-corrected chi connectivity index (χ4v) is 3.60. The normalized spacial score (nSPS) is 19.6. The van der Waals surface area contributed by atoms with Gasteiger partial charge in [0.05, 0.1) is 23.0 Å². The third kappa shape index (κ3) is 4.09. The van der Waals surface area contributed by atoms with Crippen LogP contribution in [0.25, 0.3) is 0 Å². The molecule has 1 amide bonds. The van der Waals surface area contributed by atoms with Crippen molar-refractivity contribution in [3.05, 3.63) is 35.1 Å². The summed E-state index contributed by atoms with van der Waals surface area (Å²) < 4.78 is 5.44. The number of hydrogen-bond donors (Lipinski definition) is 1. The molecule has 0 spiro atoms. The Hall–Kier alpha value is -3.34. The summed E-state index contributed by atoms with van der Waals surface area (Å²) in [7, 11) is 0. The van der Waals surface area contributed by atoms with Gasteiger partial charge in [-0.1, -0.05) is 18.1 Å². The number of hydrogen-bond acceptors (Lipinski definition) is 7. The van der Waals surface area contributed by atoms with Crippen LogP contribution < -0.4 is 9.64 Å². The number of benzene rings is 1. The van der Waals surface area contributed by atoms with Crippen molar-refractivity contribution in [2.24, 2.45) is 5.16 Å². The molecular formula is C21H23N3O5. The Labute approximate surface area is 169 Å². The van der Waals surface area contributed by atoms with Crippen LogP contribution in [-0.4, -0.2) is 42.3 Å². The number of aliphatic hydroxyl groups excluding tert-OH is 1. The van der Waals surface area contributed by atoms with Crippen LogP contribution in [0.1, 0.15) is 44.6 Å². The lowest BCUT2D eigenvalue weighted by Crippen LogP contribution is -2.39. The van der Waals surface area contributed by atoms with Gasteiger partial charge in [0.1, 0.15) is 24.7 Å². The summed E-state index contributed by atoms with van der Waals surface area (Å²) in [5.74, 6) is -0.227. The summed E-state index contributed by atoms with van der Waals surface area (Å²) in [6.07, 6.45) is 0.950. The second kappa shape index (κ2) is 8.78. The molecule has 2 aliphatic rings. The first-order valence-corrected chi connectivity index (χ1v) is 9.58. The predicted molar refractivity (Wildman–Crippen MR) is 106 cm³/mol. The Morgan fingerprint density at radius 3 is 2.83 bits per heavy atom. The van der Waals surface area contributed by atoms with Crippen LogP contribution in [0.5, 0.6) is 5.75 Å². The lowest BCUT2D eigenvalue weighted by Gasteiger charge is -2.30. The highest BCUT2D eigenvalue weighted by molar-refractivity contribution is 6.23. The zero-order valence-electron chi connectivity index (χ0n) is 16.5. The van der Waals surface area contributed by atoms with E-state index in [1.807, 2.05) is 19.1 Å². The van der Waals surface area contributed by atoms with Crippen molar-refractivity contribution >= 4 is 23.1 Å². The van der Waals surface area contributed by atoms with Gasteiger partial charge in [-0.05, 0) is 37.0 Å². The topological polar surface area (TPSA) is 112 Å². The molecule has 1 N–H and O–H groups in total. The number of rotatable bonds is 6. The second-order valence-electron chi connectivity index (χ2n) is 6.81. The standard InChI is InChI=1S/C21H23N3O5/c1-3-15(23-29-4-2)21-17(25)10-14(11-18(21)26)13-5-6-19-16(9-13)24(8-7-22)20(27)12-28-19/h5-6,9,14,25H,3-4,8,10-12H2,1-2H3. The van der Waals surface area contributed by atoms with Crippen molar-refractivity contribution in [3.63, 3.8) is 0 Å². The van der Waals surface area contributed by atoms with Gasteiger partial charge in [-0.2, -0.15) is 5.26 Å². The molecular weight excluding hydrogens is 374 g/mol. The molecule has 8 heteroatoms. The first kappa shape index (κ1) is 20.4. The van der Waals surface area contributed by atoms with Crippen LogP contribution in [0.2, 0.25) is 0 Å². The van der Waals surface area contributed by atoms with E-state index < -0.39 is 0 Å². The molecule has 3 rings (SSSR count). The molecule has 1 aliphatic carbocycles. The third-order valence-corrected chi connectivity index (χ3v) is 4.99. The van der Waals surface area contributed by atoms with Gasteiger partial charge >= 0.3 is 0 Å². The molecule has 0 saturated heterocycles. The SMILES string of the molecule is CCON=C(CC)C1=C(O)CC(c2ccc3c(c2)N(CC#N)C(=O)CO3)CC1=O. The lowest BCUT2D eigenvalue weighted by molar-refractivity contribution is -0.121. The van der Waals surface area contributed by atoms with E-state index in [2.05, 4.69) is 5.16 Å².